The van der Waals surface area contributed by atoms with Crippen LogP contribution in [0, 0.1) is 17.2 Å². The summed E-state index contributed by atoms with van der Waals surface area (Å²) in [6, 6.07) is 6.42. The van der Waals surface area contributed by atoms with Crippen LogP contribution in [0.4, 0.5) is 4.39 Å². The number of nitrogens with zero attached hydrogens (tertiary/aromatic N) is 1. The van der Waals surface area contributed by atoms with Crippen LogP contribution in [-0.2, 0) is 9.53 Å². The molecular formula is C18H22FNO2. The van der Waals surface area contributed by atoms with Crippen molar-refractivity contribution in [3.05, 3.63) is 41.7 Å². The Labute approximate surface area is 130 Å². The molecule has 3 nitrogen and oxygen atoms in total. The standard InChI is InChI=1S/C18H22FNO2/c1-18(2)16(14-9-10-22-17(14)18)20(3)15(21)8-7-12-5-4-6-13(19)11-12/h4-8,11,14,16-17H,9-10H2,1-3H3/b8-7-/t14-,16+,17-/m0/s1. The van der Waals surface area contributed by atoms with Crippen LogP contribution in [0.1, 0.15) is 25.8 Å². The number of fused-ring (bicyclic) bond motifs is 1. The minimum Gasteiger partial charge on any atom is -0.377 e. The average molecular weight is 303 g/mol. The summed E-state index contributed by atoms with van der Waals surface area (Å²) in [7, 11) is 1.85. The molecule has 1 saturated heterocycles. The van der Waals surface area contributed by atoms with Crippen molar-refractivity contribution in [3.63, 3.8) is 0 Å². The fraction of sp³-hybridized carbons (Fsp3) is 0.500. The van der Waals surface area contributed by atoms with Gasteiger partial charge in [0.25, 0.3) is 0 Å². The zero-order valence-electron chi connectivity index (χ0n) is 13.3. The van der Waals surface area contributed by atoms with Crippen LogP contribution in [0.2, 0.25) is 0 Å². The number of hydrogen-bond donors (Lipinski definition) is 0. The minimum absolute atomic E-state index is 0.0156. The molecule has 2 aliphatic rings. The quantitative estimate of drug-likeness (QED) is 0.803. The number of carbonyl (C=O) groups is 1. The first-order valence-electron chi connectivity index (χ1n) is 7.73. The van der Waals surface area contributed by atoms with Crippen molar-refractivity contribution in [1.82, 2.24) is 4.90 Å². The van der Waals surface area contributed by atoms with Crippen molar-refractivity contribution < 1.29 is 13.9 Å². The van der Waals surface area contributed by atoms with E-state index < -0.39 is 0 Å². The summed E-state index contributed by atoms with van der Waals surface area (Å²) in [4.78, 5) is 14.2. The summed E-state index contributed by atoms with van der Waals surface area (Å²) < 4.78 is 18.9. The van der Waals surface area contributed by atoms with Crippen LogP contribution in [0.3, 0.4) is 0 Å². The second kappa shape index (κ2) is 5.51. The molecule has 0 bridgehead atoms. The van der Waals surface area contributed by atoms with Crippen LogP contribution in [0.15, 0.2) is 30.3 Å². The molecule has 4 heteroatoms. The van der Waals surface area contributed by atoms with Crippen LogP contribution in [0.25, 0.3) is 6.08 Å². The molecule has 1 aliphatic carbocycles. The summed E-state index contributed by atoms with van der Waals surface area (Å²) in [6.45, 7) is 5.10. The van der Waals surface area contributed by atoms with Gasteiger partial charge in [0.1, 0.15) is 5.82 Å². The van der Waals surface area contributed by atoms with Gasteiger partial charge in [-0.3, -0.25) is 4.79 Å². The van der Waals surface area contributed by atoms with Gasteiger partial charge in [-0.05, 0) is 30.2 Å². The summed E-state index contributed by atoms with van der Waals surface area (Å²) >= 11 is 0. The number of halogens is 1. The highest BCUT2D eigenvalue weighted by molar-refractivity contribution is 5.92. The third-order valence-electron chi connectivity index (χ3n) is 5.07. The van der Waals surface area contributed by atoms with Crippen molar-refractivity contribution in [2.45, 2.75) is 32.4 Å². The maximum Gasteiger partial charge on any atom is 0.246 e. The van der Waals surface area contributed by atoms with E-state index in [9.17, 15) is 9.18 Å². The highest BCUT2D eigenvalue weighted by atomic mass is 19.1. The van der Waals surface area contributed by atoms with Gasteiger partial charge in [0.2, 0.25) is 5.91 Å². The largest absolute Gasteiger partial charge is 0.377 e. The van der Waals surface area contributed by atoms with Crippen molar-refractivity contribution in [1.29, 1.82) is 0 Å². The summed E-state index contributed by atoms with van der Waals surface area (Å²) in [5, 5.41) is 0. The van der Waals surface area contributed by atoms with Gasteiger partial charge in [0.05, 0.1) is 6.10 Å². The second-order valence-corrected chi connectivity index (χ2v) is 6.85. The van der Waals surface area contributed by atoms with Crippen molar-refractivity contribution in [2.75, 3.05) is 13.7 Å². The predicted octanol–water partition coefficient (Wildman–Crippen LogP) is 3.11. The molecular weight excluding hydrogens is 281 g/mol. The predicted molar refractivity (Wildman–Crippen MR) is 83.6 cm³/mol. The highest BCUT2D eigenvalue weighted by Gasteiger charge is 2.61. The van der Waals surface area contributed by atoms with Gasteiger partial charge >= 0.3 is 0 Å². The van der Waals surface area contributed by atoms with E-state index in [1.54, 1.807) is 18.2 Å². The molecule has 118 valence electrons. The molecule has 3 atom stereocenters. The SMILES string of the molecule is CN(C(=O)/C=C\c1cccc(F)c1)[C@@H]1[C@@H]2CCO[C@@H]2C1(C)C. The Hall–Kier alpha value is -1.68. The molecule has 1 heterocycles. The Morgan fingerprint density at radius 2 is 2.23 bits per heavy atom. The van der Waals surface area contributed by atoms with Crippen molar-refractivity contribution in [2.24, 2.45) is 11.3 Å². The molecule has 22 heavy (non-hydrogen) atoms. The lowest BCUT2D eigenvalue weighted by Gasteiger charge is -2.57. The minimum atomic E-state index is -0.297. The number of benzene rings is 1. The van der Waals surface area contributed by atoms with Gasteiger partial charge in [-0.2, -0.15) is 0 Å². The Balaban J connectivity index is 1.70. The molecule has 2 fully saturated rings. The monoisotopic (exact) mass is 303 g/mol. The van der Waals surface area contributed by atoms with Crippen molar-refractivity contribution >= 4 is 12.0 Å². The van der Waals surface area contributed by atoms with Gasteiger partial charge in [-0.15, -0.1) is 0 Å². The van der Waals surface area contributed by atoms with E-state index in [0.29, 0.717) is 11.5 Å². The second-order valence-electron chi connectivity index (χ2n) is 6.85. The first-order valence-corrected chi connectivity index (χ1v) is 7.73. The smallest absolute Gasteiger partial charge is 0.246 e. The summed E-state index contributed by atoms with van der Waals surface area (Å²) in [6.07, 6.45) is 4.47. The Morgan fingerprint density at radius 3 is 2.95 bits per heavy atom. The lowest BCUT2D eigenvalue weighted by molar-refractivity contribution is -0.163. The Bertz CT molecular complexity index is 611. The first-order chi connectivity index (χ1) is 10.4. The molecule has 1 aliphatic heterocycles. The summed E-state index contributed by atoms with van der Waals surface area (Å²) in [5.41, 5.74) is 0.676. The maximum absolute atomic E-state index is 13.1. The highest BCUT2D eigenvalue weighted by Crippen LogP contribution is 2.54. The van der Waals surface area contributed by atoms with Gasteiger partial charge in [-0.1, -0.05) is 26.0 Å². The third-order valence-corrected chi connectivity index (χ3v) is 5.07. The molecule has 0 unspecified atom stereocenters. The molecule has 3 rings (SSSR count). The first kappa shape index (κ1) is 15.2. The number of likely N-dealkylation sites (N-methyl/N-ethyl adjacent to an activating group) is 1. The zero-order valence-corrected chi connectivity index (χ0v) is 13.3. The van der Waals surface area contributed by atoms with Crippen molar-refractivity contribution in [3.8, 4) is 0 Å². The molecule has 0 spiro atoms. The number of amides is 1. The maximum atomic E-state index is 13.1. The fourth-order valence-corrected chi connectivity index (χ4v) is 4.12. The lowest BCUT2D eigenvalue weighted by Crippen LogP contribution is -2.66. The van der Waals surface area contributed by atoms with E-state index in [1.165, 1.54) is 18.2 Å². The number of ether oxygens (including phenoxy) is 1. The molecule has 1 saturated carbocycles. The van der Waals surface area contributed by atoms with E-state index in [-0.39, 0.29) is 29.3 Å². The van der Waals surface area contributed by atoms with E-state index >= 15 is 0 Å². The average Bonchev–Trinajstić information content (AvgIpc) is 2.91. The topological polar surface area (TPSA) is 29.5 Å². The van der Waals surface area contributed by atoms with Gasteiger partial charge < -0.3 is 9.64 Å². The molecule has 1 amide bonds. The number of hydrogen-bond acceptors (Lipinski definition) is 2. The third kappa shape index (κ3) is 2.45. The van der Waals surface area contributed by atoms with Gasteiger partial charge in [-0.25, -0.2) is 4.39 Å². The Morgan fingerprint density at radius 1 is 1.45 bits per heavy atom. The van der Waals surface area contributed by atoms with E-state index in [0.717, 1.165) is 13.0 Å². The van der Waals surface area contributed by atoms with Gasteiger partial charge in [0.15, 0.2) is 0 Å². The zero-order chi connectivity index (χ0) is 15.9. The van der Waals surface area contributed by atoms with Crippen LogP contribution >= 0.6 is 0 Å². The molecule has 1 aromatic rings. The lowest BCUT2D eigenvalue weighted by atomic mass is 9.57. The number of rotatable bonds is 3. The van der Waals surface area contributed by atoms with E-state index in [4.69, 9.17) is 4.74 Å². The normalized spacial score (nSPS) is 29.2. The van der Waals surface area contributed by atoms with E-state index in [2.05, 4.69) is 13.8 Å². The molecule has 0 N–H and O–H groups in total. The molecule has 1 aromatic carbocycles. The summed E-state index contributed by atoms with van der Waals surface area (Å²) in [5.74, 6) is 0.0910. The fourth-order valence-electron chi connectivity index (χ4n) is 4.12. The Kier molecular flexibility index (Phi) is 3.81. The van der Waals surface area contributed by atoms with Crippen LogP contribution in [-0.4, -0.2) is 36.6 Å². The van der Waals surface area contributed by atoms with E-state index in [1.807, 2.05) is 11.9 Å². The van der Waals surface area contributed by atoms with Crippen LogP contribution in [0.5, 0.6) is 0 Å². The van der Waals surface area contributed by atoms with Crippen LogP contribution < -0.4 is 0 Å². The number of carbonyl (C=O) groups excluding carboxylic acids is 1. The molecule has 0 radical (unpaired) electrons. The van der Waals surface area contributed by atoms with Gasteiger partial charge in [0, 0.05) is 37.1 Å². The molecule has 0 aromatic heterocycles.